The zero-order chi connectivity index (χ0) is 11.4. The van der Waals surface area contributed by atoms with Crippen LogP contribution in [-0.4, -0.2) is 36.6 Å². The average Bonchev–Trinajstić information content (AvgIpc) is 2.15. The van der Waals surface area contributed by atoms with Crippen LogP contribution in [0.2, 0.25) is 0 Å². The maximum Gasteiger partial charge on any atom is 0.312 e. The van der Waals surface area contributed by atoms with E-state index in [9.17, 15) is 4.79 Å². The summed E-state index contributed by atoms with van der Waals surface area (Å²) in [7, 11) is 3.74. The monoisotopic (exact) mass is 271 g/mol. The van der Waals surface area contributed by atoms with Crippen LogP contribution in [-0.2, 0) is 4.79 Å². The van der Waals surface area contributed by atoms with Crippen LogP contribution in [0.4, 0.5) is 0 Å². The van der Waals surface area contributed by atoms with Gasteiger partial charge in [-0.05, 0) is 31.8 Å². The molecule has 0 aromatic heterocycles. The summed E-state index contributed by atoms with van der Waals surface area (Å²) in [6.45, 7) is 0.511. The maximum atomic E-state index is 11.1. The molecule has 82 valence electrons. The largest absolute Gasteiger partial charge is 0.481 e. The molecule has 0 saturated carbocycles. The van der Waals surface area contributed by atoms with Crippen molar-refractivity contribution in [3.05, 3.63) is 34.3 Å². The van der Waals surface area contributed by atoms with E-state index in [0.29, 0.717) is 6.54 Å². The Morgan fingerprint density at radius 1 is 1.40 bits per heavy atom. The fourth-order valence-electron chi connectivity index (χ4n) is 1.39. The van der Waals surface area contributed by atoms with Gasteiger partial charge in [0.05, 0.1) is 5.92 Å². The molecule has 1 N–H and O–H groups in total. The quantitative estimate of drug-likeness (QED) is 0.913. The molecule has 0 spiro atoms. The van der Waals surface area contributed by atoms with Gasteiger partial charge in [0.1, 0.15) is 0 Å². The average molecular weight is 272 g/mol. The third kappa shape index (κ3) is 3.64. The summed E-state index contributed by atoms with van der Waals surface area (Å²) >= 11 is 3.32. The van der Waals surface area contributed by atoms with Gasteiger partial charge in [-0.2, -0.15) is 0 Å². The number of aliphatic carboxylic acids is 1. The first-order valence-electron chi connectivity index (χ1n) is 4.63. The van der Waals surface area contributed by atoms with Crippen LogP contribution in [0, 0.1) is 0 Å². The van der Waals surface area contributed by atoms with Crippen LogP contribution in [0.1, 0.15) is 11.5 Å². The van der Waals surface area contributed by atoms with Crippen molar-refractivity contribution in [1.29, 1.82) is 0 Å². The number of rotatable bonds is 4. The minimum atomic E-state index is -0.786. The Labute approximate surface area is 97.8 Å². The van der Waals surface area contributed by atoms with Crippen molar-refractivity contribution in [3.63, 3.8) is 0 Å². The second-order valence-corrected chi connectivity index (χ2v) is 4.62. The number of carboxylic acids is 1. The highest BCUT2D eigenvalue weighted by atomic mass is 79.9. The van der Waals surface area contributed by atoms with Gasteiger partial charge in [0.25, 0.3) is 0 Å². The third-order valence-corrected chi connectivity index (χ3v) is 2.65. The number of hydrogen-bond donors (Lipinski definition) is 1. The highest BCUT2D eigenvalue weighted by Gasteiger charge is 2.20. The summed E-state index contributed by atoms with van der Waals surface area (Å²) in [6.07, 6.45) is 0. The van der Waals surface area contributed by atoms with Crippen molar-refractivity contribution in [2.75, 3.05) is 20.6 Å². The summed E-state index contributed by atoms with van der Waals surface area (Å²) in [5.74, 6) is -1.25. The first-order chi connectivity index (χ1) is 7.00. The van der Waals surface area contributed by atoms with E-state index in [2.05, 4.69) is 15.9 Å². The summed E-state index contributed by atoms with van der Waals surface area (Å²) < 4.78 is 0.959. The molecule has 0 amide bonds. The number of likely N-dealkylation sites (N-methyl/N-ethyl adjacent to an activating group) is 1. The Kier molecular flexibility index (Phi) is 4.29. The smallest absolute Gasteiger partial charge is 0.312 e. The Morgan fingerprint density at radius 2 is 1.93 bits per heavy atom. The molecule has 1 aromatic rings. The topological polar surface area (TPSA) is 40.5 Å². The van der Waals surface area contributed by atoms with Crippen molar-refractivity contribution in [2.45, 2.75) is 5.92 Å². The van der Waals surface area contributed by atoms with Crippen LogP contribution in [0.5, 0.6) is 0 Å². The van der Waals surface area contributed by atoms with Crippen molar-refractivity contribution >= 4 is 21.9 Å². The van der Waals surface area contributed by atoms with Gasteiger partial charge in [0.15, 0.2) is 0 Å². The zero-order valence-corrected chi connectivity index (χ0v) is 10.4. The first kappa shape index (κ1) is 12.2. The Balaban J connectivity index is 2.89. The molecule has 1 atom stereocenters. The van der Waals surface area contributed by atoms with Gasteiger partial charge >= 0.3 is 5.97 Å². The molecule has 0 saturated heterocycles. The molecule has 0 aliphatic heterocycles. The standard InChI is InChI=1S/C11H14BrNO2/c1-13(2)7-10(11(14)15)8-3-5-9(12)6-4-8/h3-6,10H,7H2,1-2H3,(H,14,15). The molecular formula is C11H14BrNO2. The van der Waals surface area contributed by atoms with Crippen molar-refractivity contribution in [2.24, 2.45) is 0 Å². The number of hydrogen-bond acceptors (Lipinski definition) is 2. The minimum Gasteiger partial charge on any atom is -0.481 e. The van der Waals surface area contributed by atoms with Crippen LogP contribution >= 0.6 is 15.9 Å². The van der Waals surface area contributed by atoms with Gasteiger partial charge in [-0.1, -0.05) is 28.1 Å². The predicted molar refractivity (Wildman–Crippen MR) is 63.1 cm³/mol. The summed E-state index contributed by atoms with van der Waals surface area (Å²) in [6, 6.07) is 7.40. The maximum absolute atomic E-state index is 11.1. The summed E-state index contributed by atoms with van der Waals surface area (Å²) in [5.41, 5.74) is 0.833. The molecule has 0 radical (unpaired) electrons. The highest BCUT2D eigenvalue weighted by molar-refractivity contribution is 9.10. The lowest BCUT2D eigenvalue weighted by Gasteiger charge is -2.17. The number of carbonyl (C=O) groups is 1. The molecule has 0 aliphatic carbocycles. The van der Waals surface area contributed by atoms with Gasteiger partial charge in [-0.25, -0.2) is 0 Å². The highest BCUT2D eigenvalue weighted by Crippen LogP contribution is 2.19. The van der Waals surface area contributed by atoms with Crippen LogP contribution in [0.3, 0.4) is 0 Å². The van der Waals surface area contributed by atoms with E-state index >= 15 is 0 Å². The van der Waals surface area contributed by atoms with Crippen LogP contribution in [0.25, 0.3) is 0 Å². The van der Waals surface area contributed by atoms with Crippen molar-refractivity contribution in [1.82, 2.24) is 4.90 Å². The third-order valence-electron chi connectivity index (χ3n) is 2.12. The lowest BCUT2D eigenvalue weighted by molar-refractivity contribution is -0.139. The molecule has 4 heteroatoms. The Hall–Kier alpha value is -0.870. The number of halogens is 1. The number of nitrogens with zero attached hydrogens (tertiary/aromatic N) is 1. The van der Waals surface area contributed by atoms with E-state index in [1.807, 2.05) is 43.3 Å². The van der Waals surface area contributed by atoms with E-state index in [1.165, 1.54) is 0 Å². The second kappa shape index (κ2) is 5.28. The predicted octanol–water partition coefficient (Wildman–Crippen LogP) is 2.18. The summed E-state index contributed by atoms with van der Waals surface area (Å²) in [5, 5.41) is 9.11. The molecule has 3 nitrogen and oxygen atoms in total. The number of benzene rings is 1. The molecule has 1 rings (SSSR count). The van der Waals surface area contributed by atoms with Gasteiger partial charge in [0, 0.05) is 11.0 Å². The lowest BCUT2D eigenvalue weighted by Crippen LogP contribution is -2.25. The second-order valence-electron chi connectivity index (χ2n) is 3.70. The van der Waals surface area contributed by atoms with Gasteiger partial charge in [-0.15, -0.1) is 0 Å². The molecule has 0 bridgehead atoms. The van der Waals surface area contributed by atoms with Gasteiger partial charge in [-0.3, -0.25) is 4.79 Å². The van der Waals surface area contributed by atoms with E-state index in [4.69, 9.17) is 5.11 Å². The van der Waals surface area contributed by atoms with E-state index in [-0.39, 0.29) is 0 Å². The van der Waals surface area contributed by atoms with Crippen molar-refractivity contribution in [3.8, 4) is 0 Å². The van der Waals surface area contributed by atoms with Crippen LogP contribution < -0.4 is 0 Å². The minimum absolute atomic E-state index is 0.465. The van der Waals surface area contributed by atoms with Crippen LogP contribution in [0.15, 0.2) is 28.7 Å². The Morgan fingerprint density at radius 3 is 2.33 bits per heavy atom. The SMILES string of the molecule is CN(C)CC(C(=O)O)c1ccc(Br)cc1. The van der Waals surface area contributed by atoms with E-state index in [0.717, 1.165) is 10.0 Å². The fourth-order valence-corrected chi connectivity index (χ4v) is 1.65. The molecule has 1 aromatic carbocycles. The first-order valence-corrected chi connectivity index (χ1v) is 5.43. The van der Waals surface area contributed by atoms with Gasteiger partial charge < -0.3 is 10.0 Å². The molecule has 0 heterocycles. The lowest BCUT2D eigenvalue weighted by atomic mass is 9.99. The Bertz CT molecular complexity index is 335. The molecule has 1 unspecified atom stereocenters. The normalized spacial score (nSPS) is 12.8. The fraction of sp³-hybridized carbons (Fsp3) is 0.364. The molecule has 15 heavy (non-hydrogen) atoms. The van der Waals surface area contributed by atoms with E-state index < -0.39 is 11.9 Å². The van der Waals surface area contributed by atoms with Gasteiger partial charge in [0.2, 0.25) is 0 Å². The molecule has 0 fully saturated rings. The van der Waals surface area contributed by atoms with E-state index in [1.54, 1.807) is 0 Å². The van der Waals surface area contributed by atoms with Crippen molar-refractivity contribution < 1.29 is 9.90 Å². The summed E-state index contributed by atoms with van der Waals surface area (Å²) in [4.78, 5) is 13.0. The zero-order valence-electron chi connectivity index (χ0n) is 8.77. The molecular weight excluding hydrogens is 258 g/mol. The molecule has 0 aliphatic rings. The number of carboxylic acid groups (broad SMARTS) is 1.